The summed E-state index contributed by atoms with van der Waals surface area (Å²) >= 11 is 1.82. The standard InChI is InChI=1S/C15H27N3OS/c1-4-18(12-8-6-5-7-9-12)15-17-13(11-19-3)14(20-15)10-16-2/h12,16H,4-11H2,1-3H3. The Labute approximate surface area is 126 Å². The van der Waals surface area contributed by atoms with Gasteiger partial charge in [0.2, 0.25) is 0 Å². The molecular formula is C15H27N3OS. The van der Waals surface area contributed by atoms with E-state index < -0.39 is 0 Å². The van der Waals surface area contributed by atoms with E-state index in [-0.39, 0.29) is 0 Å². The zero-order chi connectivity index (χ0) is 14.4. The Hall–Kier alpha value is -0.650. The number of thiazole rings is 1. The van der Waals surface area contributed by atoms with Crippen molar-refractivity contribution >= 4 is 16.5 Å². The number of hydrogen-bond donors (Lipinski definition) is 1. The summed E-state index contributed by atoms with van der Waals surface area (Å²) in [5.41, 5.74) is 1.09. The van der Waals surface area contributed by atoms with Crippen molar-refractivity contribution in [1.82, 2.24) is 10.3 Å². The molecule has 0 spiro atoms. The van der Waals surface area contributed by atoms with E-state index >= 15 is 0 Å². The quantitative estimate of drug-likeness (QED) is 0.839. The van der Waals surface area contributed by atoms with Crippen molar-refractivity contribution < 1.29 is 4.74 Å². The smallest absolute Gasteiger partial charge is 0.186 e. The number of anilines is 1. The molecular weight excluding hydrogens is 270 g/mol. The molecule has 4 nitrogen and oxygen atoms in total. The van der Waals surface area contributed by atoms with Crippen molar-refractivity contribution in [2.24, 2.45) is 0 Å². The van der Waals surface area contributed by atoms with Crippen LogP contribution in [-0.2, 0) is 17.9 Å². The lowest BCUT2D eigenvalue weighted by molar-refractivity contribution is 0.181. The van der Waals surface area contributed by atoms with Crippen molar-refractivity contribution in [1.29, 1.82) is 0 Å². The van der Waals surface area contributed by atoms with Crippen LogP contribution in [0.2, 0.25) is 0 Å². The summed E-state index contributed by atoms with van der Waals surface area (Å²) < 4.78 is 5.28. The van der Waals surface area contributed by atoms with Gasteiger partial charge in [0.05, 0.1) is 12.3 Å². The predicted molar refractivity (Wildman–Crippen MR) is 85.5 cm³/mol. The van der Waals surface area contributed by atoms with Gasteiger partial charge in [-0.25, -0.2) is 4.98 Å². The van der Waals surface area contributed by atoms with Gasteiger partial charge in [0, 0.05) is 31.1 Å². The minimum atomic E-state index is 0.607. The van der Waals surface area contributed by atoms with Gasteiger partial charge in [0.1, 0.15) is 0 Å². The summed E-state index contributed by atoms with van der Waals surface area (Å²) in [7, 11) is 3.72. The molecule has 1 fully saturated rings. The van der Waals surface area contributed by atoms with Crippen LogP contribution in [-0.4, -0.2) is 31.7 Å². The average molecular weight is 297 g/mol. The fourth-order valence-corrected chi connectivity index (χ4v) is 4.19. The van der Waals surface area contributed by atoms with E-state index in [0.717, 1.165) is 18.8 Å². The molecule has 1 heterocycles. The first kappa shape index (κ1) is 15.7. The number of rotatable bonds is 7. The molecule has 0 unspecified atom stereocenters. The van der Waals surface area contributed by atoms with Gasteiger partial charge in [-0.3, -0.25) is 0 Å². The van der Waals surface area contributed by atoms with Gasteiger partial charge in [-0.15, -0.1) is 11.3 Å². The van der Waals surface area contributed by atoms with E-state index in [1.165, 1.54) is 42.1 Å². The SMILES string of the molecule is CCN(c1nc(COC)c(CNC)s1)C1CCCCC1. The van der Waals surface area contributed by atoms with Crippen LogP contribution in [0.15, 0.2) is 0 Å². The van der Waals surface area contributed by atoms with E-state index in [0.29, 0.717) is 12.6 Å². The fourth-order valence-electron chi connectivity index (χ4n) is 2.98. The first-order valence-corrected chi connectivity index (χ1v) is 8.50. The normalized spacial score (nSPS) is 16.6. The molecule has 1 aromatic rings. The van der Waals surface area contributed by atoms with Crippen molar-refractivity contribution in [3.05, 3.63) is 10.6 Å². The molecule has 0 aliphatic heterocycles. The third kappa shape index (κ3) is 3.71. The van der Waals surface area contributed by atoms with Gasteiger partial charge >= 0.3 is 0 Å². The lowest BCUT2D eigenvalue weighted by atomic mass is 9.94. The molecule has 1 aliphatic carbocycles. The van der Waals surface area contributed by atoms with Crippen LogP contribution >= 0.6 is 11.3 Å². The van der Waals surface area contributed by atoms with Gasteiger partial charge in [0.25, 0.3) is 0 Å². The number of ether oxygens (including phenoxy) is 1. The molecule has 0 bridgehead atoms. The zero-order valence-electron chi connectivity index (χ0n) is 12.9. The second kappa shape index (κ2) is 7.96. The van der Waals surface area contributed by atoms with E-state index in [9.17, 15) is 0 Å². The van der Waals surface area contributed by atoms with Crippen molar-refractivity contribution in [3.63, 3.8) is 0 Å². The highest BCUT2D eigenvalue weighted by atomic mass is 32.1. The maximum absolute atomic E-state index is 5.28. The highest BCUT2D eigenvalue weighted by Crippen LogP contribution is 2.32. The Morgan fingerprint density at radius 3 is 2.70 bits per heavy atom. The Bertz CT molecular complexity index is 378. The van der Waals surface area contributed by atoms with E-state index in [4.69, 9.17) is 9.72 Å². The maximum Gasteiger partial charge on any atom is 0.186 e. The van der Waals surface area contributed by atoms with Gasteiger partial charge in [0.15, 0.2) is 5.13 Å². The average Bonchev–Trinajstić information content (AvgIpc) is 2.85. The molecule has 20 heavy (non-hydrogen) atoms. The number of nitrogens with one attached hydrogen (secondary N) is 1. The summed E-state index contributed by atoms with van der Waals surface area (Å²) in [6, 6.07) is 0.678. The molecule has 0 aromatic carbocycles. The molecule has 1 saturated carbocycles. The highest BCUT2D eigenvalue weighted by Gasteiger charge is 2.23. The van der Waals surface area contributed by atoms with E-state index in [1.807, 2.05) is 18.4 Å². The van der Waals surface area contributed by atoms with Crippen LogP contribution in [0.25, 0.3) is 0 Å². The van der Waals surface area contributed by atoms with E-state index in [1.54, 1.807) is 7.11 Å². The number of nitrogens with zero attached hydrogens (tertiary/aromatic N) is 2. The second-order valence-electron chi connectivity index (χ2n) is 5.41. The van der Waals surface area contributed by atoms with Crippen LogP contribution < -0.4 is 10.2 Å². The minimum Gasteiger partial charge on any atom is -0.378 e. The summed E-state index contributed by atoms with van der Waals surface area (Å²) in [5, 5.41) is 4.41. The predicted octanol–water partition coefficient (Wildman–Crippen LogP) is 3.17. The van der Waals surface area contributed by atoms with Crippen LogP contribution in [0.1, 0.15) is 49.6 Å². The molecule has 1 aromatic heterocycles. The third-order valence-electron chi connectivity index (χ3n) is 3.99. The molecule has 0 saturated heterocycles. The summed E-state index contributed by atoms with van der Waals surface area (Å²) in [6.07, 6.45) is 6.75. The number of hydrogen-bond acceptors (Lipinski definition) is 5. The Morgan fingerprint density at radius 1 is 1.35 bits per heavy atom. The molecule has 5 heteroatoms. The van der Waals surface area contributed by atoms with Crippen LogP contribution in [0.4, 0.5) is 5.13 Å². The van der Waals surface area contributed by atoms with Crippen LogP contribution in [0.5, 0.6) is 0 Å². The van der Waals surface area contributed by atoms with Gasteiger partial charge < -0.3 is 15.0 Å². The topological polar surface area (TPSA) is 37.4 Å². The minimum absolute atomic E-state index is 0.607. The molecule has 0 amide bonds. The highest BCUT2D eigenvalue weighted by molar-refractivity contribution is 7.15. The fraction of sp³-hybridized carbons (Fsp3) is 0.800. The zero-order valence-corrected chi connectivity index (χ0v) is 13.8. The molecule has 2 rings (SSSR count). The summed E-state index contributed by atoms with van der Waals surface area (Å²) in [6.45, 7) is 4.77. The molecule has 1 N–H and O–H groups in total. The first-order chi connectivity index (χ1) is 9.80. The summed E-state index contributed by atoms with van der Waals surface area (Å²) in [4.78, 5) is 8.65. The molecule has 1 aliphatic rings. The first-order valence-electron chi connectivity index (χ1n) is 7.68. The van der Waals surface area contributed by atoms with Gasteiger partial charge in [-0.1, -0.05) is 19.3 Å². The van der Waals surface area contributed by atoms with Crippen molar-refractivity contribution in [2.45, 2.75) is 58.2 Å². The Morgan fingerprint density at radius 2 is 2.10 bits per heavy atom. The van der Waals surface area contributed by atoms with Crippen molar-refractivity contribution in [3.8, 4) is 0 Å². The van der Waals surface area contributed by atoms with Crippen LogP contribution in [0, 0.1) is 0 Å². The number of aromatic nitrogens is 1. The lowest BCUT2D eigenvalue weighted by Crippen LogP contribution is -2.36. The molecule has 0 atom stereocenters. The second-order valence-corrected chi connectivity index (χ2v) is 6.47. The summed E-state index contributed by atoms with van der Waals surface area (Å²) in [5.74, 6) is 0. The maximum atomic E-state index is 5.28. The van der Waals surface area contributed by atoms with Crippen LogP contribution in [0.3, 0.4) is 0 Å². The largest absolute Gasteiger partial charge is 0.378 e. The molecule has 0 radical (unpaired) electrons. The monoisotopic (exact) mass is 297 g/mol. The van der Waals surface area contributed by atoms with Crippen molar-refractivity contribution in [2.75, 3.05) is 25.6 Å². The van der Waals surface area contributed by atoms with Gasteiger partial charge in [-0.05, 0) is 26.8 Å². The Balaban J connectivity index is 2.17. The van der Waals surface area contributed by atoms with E-state index in [2.05, 4.69) is 17.1 Å². The number of methoxy groups -OCH3 is 1. The third-order valence-corrected chi connectivity index (χ3v) is 5.12. The lowest BCUT2D eigenvalue weighted by Gasteiger charge is -2.33. The molecule has 114 valence electrons. The Kier molecular flexibility index (Phi) is 6.26. The van der Waals surface area contributed by atoms with Gasteiger partial charge in [-0.2, -0.15) is 0 Å².